The molecule has 5 aromatic rings. The maximum atomic E-state index is 11.0. The maximum Gasteiger partial charge on any atom is 0.365 e. The first kappa shape index (κ1) is 22.4. The Kier molecular flexibility index (Phi) is 5.12. The number of nitrogens with zero attached hydrogens (tertiary/aromatic N) is 2. The lowest BCUT2D eigenvalue weighted by molar-refractivity contribution is 0.365. The molecule has 0 spiro atoms. The summed E-state index contributed by atoms with van der Waals surface area (Å²) in [6.45, 7) is 4.57. The minimum absolute atomic E-state index is 0.0989. The van der Waals surface area contributed by atoms with Gasteiger partial charge in [-0.2, -0.15) is 5.26 Å². The van der Waals surface area contributed by atoms with Gasteiger partial charge >= 0.3 is 8.25 Å². The summed E-state index contributed by atoms with van der Waals surface area (Å²) >= 11 is 0. The first-order valence-corrected chi connectivity index (χ1v) is 13.0. The van der Waals surface area contributed by atoms with E-state index in [9.17, 15) is 9.83 Å². The highest BCUT2D eigenvalue weighted by Crippen LogP contribution is 2.50. The molecule has 0 amide bonds. The number of hydrogen-bond donors (Lipinski definition) is 1. The van der Waals surface area contributed by atoms with Crippen molar-refractivity contribution < 1.29 is 14.0 Å². The average Bonchev–Trinajstić information content (AvgIpc) is 3.32. The van der Waals surface area contributed by atoms with Gasteiger partial charge in [-0.25, -0.2) is 4.57 Å². The number of rotatable bonds is 4. The number of allylic oxidation sites excluding steroid dienone is 1. The third kappa shape index (κ3) is 3.38. The van der Waals surface area contributed by atoms with Crippen molar-refractivity contribution in [3.63, 3.8) is 0 Å². The second kappa shape index (κ2) is 8.24. The van der Waals surface area contributed by atoms with Crippen LogP contribution in [0.15, 0.2) is 90.7 Å². The molecule has 6 heteroatoms. The van der Waals surface area contributed by atoms with E-state index in [0.717, 1.165) is 16.7 Å². The van der Waals surface area contributed by atoms with Gasteiger partial charge in [0.25, 0.3) is 0 Å². The summed E-state index contributed by atoms with van der Waals surface area (Å²) in [5.41, 5.74) is 9.10. The lowest BCUT2D eigenvalue weighted by atomic mass is 9.82. The van der Waals surface area contributed by atoms with Gasteiger partial charge in [-0.15, -0.1) is 0 Å². The highest BCUT2D eigenvalue weighted by molar-refractivity contribution is 7.32. The van der Waals surface area contributed by atoms with E-state index in [1.54, 1.807) is 0 Å². The molecule has 0 saturated heterocycles. The zero-order chi connectivity index (χ0) is 25.0. The SMILES string of the molecule is CC1(C)c2ccccc2-c2cc3c4ccccc4n(-c4ccc(C=C(C#N)O[PH](=O)O)cc4)c3cc21. The standard InChI is InChI=1S/C30H23N2O3P/c1-30(2)26-9-5-3-7-22(26)24-16-25-23-8-4-6-10-28(23)32(29(25)17-27(24)30)20-13-11-19(12-14-20)15-21(18-31)35-36(33)34/h3-17,36H,1-2H3,(H,33,34). The van der Waals surface area contributed by atoms with Crippen molar-refractivity contribution in [2.75, 3.05) is 0 Å². The Morgan fingerprint density at radius 2 is 1.64 bits per heavy atom. The van der Waals surface area contributed by atoms with Crippen molar-refractivity contribution in [2.45, 2.75) is 19.3 Å². The van der Waals surface area contributed by atoms with Crippen LogP contribution in [0.25, 0.3) is 44.7 Å². The van der Waals surface area contributed by atoms with Gasteiger partial charge in [0, 0.05) is 21.9 Å². The monoisotopic (exact) mass is 490 g/mol. The van der Waals surface area contributed by atoms with Crippen LogP contribution < -0.4 is 0 Å². The predicted molar refractivity (Wildman–Crippen MR) is 144 cm³/mol. The molecule has 0 bridgehead atoms. The zero-order valence-corrected chi connectivity index (χ0v) is 20.8. The van der Waals surface area contributed by atoms with Gasteiger partial charge in [0.05, 0.1) is 11.0 Å². The van der Waals surface area contributed by atoms with Crippen LogP contribution in [0, 0.1) is 11.3 Å². The molecular weight excluding hydrogens is 467 g/mol. The Hall–Kier alpha value is -4.10. The van der Waals surface area contributed by atoms with Crippen LogP contribution in [0.2, 0.25) is 0 Å². The highest BCUT2D eigenvalue weighted by atomic mass is 31.1. The molecule has 176 valence electrons. The van der Waals surface area contributed by atoms with Crippen molar-refractivity contribution in [3.05, 3.63) is 107 Å². The van der Waals surface area contributed by atoms with Crippen molar-refractivity contribution in [2.24, 2.45) is 0 Å². The van der Waals surface area contributed by atoms with Gasteiger partial charge in [0.1, 0.15) is 6.07 Å². The van der Waals surface area contributed by atoms with Crippen LogP contribution in [0.1, 0.15) is 30.5 Å². The second-order valence-electron chi connectivity index (χ2n) is 9.52. The van der Waals surface area contributed by atoms with Crippen LogP contribution in [0.3, 0.4) is 0 Å². The number of benzene rings is 4. The minimum atomic E-state index is -3.23. The molecule has 6 rings (SSSR count). The Labute approximate surface area is 209 Å². The third-order valence-corrected chi connectivity index (χ3v) is 7.53. The van der Waals surface area contributed by atoms with E-state index in [1.165, 1.54) is 39.1 Å². The molecule has 1 heterocycles. The van der Waals surface area contributed by atoms with Gasteiger partial charge < -0.3 is 14.0 Å². The molecule has 0 saturated carbocycles. The van der Waals surface area contributed by atoms with Gasteiger partial charge in [0.15, 0.2) is 0 Å². The Bertz CT molecular complexity index is 1770. The molecule has 4 aromatic carbocycles. The first-order valence-electron chi connectivity index (χ1n) is 11.7. The van der Waals surface area contributed by atoms with Crippen molar-refractivity contribution in [1.29, 1.82) is 5.26 Å². The van der Waals surface area contributed by atoms with Crippen molar-refractivity contribution >= 4 is 36.1 Å². The number of para-hydroxylation sites is 1. The molecule has 1 aliphatic carbocycles. The van der Waals surface area contributed by atoms with Crippen LogP contribution >= 0.6 is 8.25 Å². The fourth-order valence-corrected chi connectivity index (χ4v) is 5.78. The third-order valence-electron chi connectivity index (χ3n) is 7.13. The van der Waals surface area contributed by atoms with E-state index < -0.39 is 8.25 Å². The maximum absolute atomic E-state index is 11.0. The quantitative estimate of drug-likeness (QED) is 0.162. The summed E-state index contributed by atoms with van der Waals surface area (Å²) in [5, 5.41) is 11.6. The lowest BCUT2D eigenvalue weighted by Crippen LogP contribution is -2.14. The van der Waals surface area contributed by atoms with E-state index in [-0.39, 0.29) is 11.2 Å². The molecule has 1 aromatic heterocycles. The van der Waals surface area contributed by atoms with Gasteiger partial charge in [-0.05, 0) is 64.2 Å². The summed E-state index contributed by atoms with van der Waals surface area (Å²) in [7, 11) is -3.23. The molecule has 1 unspecified atom stereocenters. The molecule has 5 nitrogen and oxygen atoms in total. The van der Waals surface area contributed by atoms with E-state index in [0.29, 0.717) is 5.56 Å². The van der Waals surface area contributed by atoms with Gasteiger partial charge in [0.2, 0.25) is 5.76 Å². The van der Waals surface area contributed by atoms with E-state index in [1.807, 2.05) is 30.3 Å². The first-order chi connectivity index (χ1) is 17.4. The molecule has 1 atom stereocenters. The molecule has 36 heavy (non-hydrogen) atoms. The van der Waals surface area contributed by atoms with E-state index >= 15 is 0 Å². The van der Waals surface area contributed by atoms with Crippen molar-refractivity contribution in [1.82, 2.24) is 4.57 Å². The van der Waals surface area contributed by atoms with Gasteiger partial charge in [-0.1, -0.05) is 68.4 Å². The molecule has 0 fully saturated rings. The summed E-state index contributed by atoms with van der Waals surface area (Å²) in [6, 6.07) is 31.3. The van der Waals surface area contributed by atoms with Crippen LogP contribution in [-0.2, 0) is 14.5 Å². The largest absolute Gasteiger partial charge is 0.415 e. The fraction of sp³-hybridized carbons (Fsp3) is 0.100. The van der Waals surface area contributed by atoms with Crippen LogP contribution in [0.5, 0.6) is 0 Å². The second-order valence-corrected chi connectivity index (χ2v) is 10.3. The minimum Gasteiger partial charge on any atom is -0.415 e. The molecule has 0 radical (unpaired) electrons. The summed E-state index contributed by atoms with van der Waals surface area (Å²) in [6.07, 6.45) is 1.46. The topological polar surface area (TPSA) is 75.2 Å². The number of nitriles is 1. The normalized spacial score (nSPS) is 14.9. The molecule has 1 N–H and O–H groups in total. The Morgan fingerprint density at radius 3 is 2.39 bits per heavy atom. The smallest absolute Gasteiger partial charge is 0.365 e. The molecule has 1 aliphatic rings. The highest BCUT2D eigenvalue weighted by Gasteiger charge is 2.36. The van der Waals surface area contributed by atoms with E-state index in [2.05, 4.69) is 79.1 Å². The average molecular weight is 490 g/mol. The molecular formula is C30H23N2O3P. The number of hydrogen-bond acceptors (Lipinski definition) is 3. The number of aromatic nitrogens is 1. The van der Waals surface area contributed by atoms with Gasteiger partial charge in [-0.3, -0.25) is 0 Å². The Morgan fingerprint density at radius 1 is 0.917 bits per heavy atom. The lowest BCUT2D eigenvalue weighted by Gasteiger charge is -2.21. The fourth-order valence-electron chi connectivity index (χ4n) is 5.49. The van der Waals surface area contributed by atoms with E-state index in [4.69, 9.17) is 9.42 Å². The van der Waals surface area contributed by atoms with Crippen LogP contribution in [0.4, 0.5) is 0 Å². The summed E-state index contributed by atoms with van der Waals surface area (Å²) in [5.74, 6) is -0.191. The van der Waals surface area contributed by atoms with Crippen LogP contribution in [-0.4, -0.2) is 9.46 Å². The Balaban J connectivity index is 1.56. The summed E-state index contributed by atoms with van der Waals surface area (Å²) < 4.78 is 18.0. The predicted octanol–water partition coefficient (Wildman–Crippen LogP) is 7.35. The zero-order valence-electron chi connectivity index (χ0n) is 19.8. The summed E-state index contributed by atoms with van der Waals surface area (Å²) in [4.78, 5) is 8.99. The van der Waals surface area contributed by atoms with Crippen molar-refractivity contribution in [3.8, 4) is 22.9 Å². The number of fused-ring (bicyclic) bond motifs is 6. The molecule has 0 aliphatic heterocycles.